The van der Waals surface area contributed by atoms with Gasteiger partial charge >= 0.3 is 11.9 Å². The molecule has 320 valence electrons. The smallest absolute Gasteiger partial charge is 0.305 e. The molecule has 2 aromatic rings. The van der Waals surface area contributed by atoms with Gasteiger partial charge in [0.15, 0.2) is 0 Å². The third-order valence-corrected chi connectivity index (χ3v) is 16.1. The molecule has 0 aliphatic rings. The first kappa shape index (κ1) is 50.2. The molecule has 0 saturated carbocycles. The van der Waals surface area contributed by atoms with Gasteiger partial charge in [0, 0.05) is 12.8 Å². The number of carbonyl (C=O) groups is 2. The Bertz CT molecular complexity index is 1250. The minimum Gasteiger partial charge on any atom is -0.466 e. The second-order valence-corrected chi connectivity index (χ2v) is 20.8. The fourth-order valence-corrected chi connectivity index (χ4v) is 12.2. The third-order valence-electron chi connectivity index (χ3n) is 11.6. The monoisotopic (exact) mass is 803 g/mol. The Labute approximate surface area is 350 Å². The highest BCUT2D eigenvalue weighted by Crippen LogP contribution is 2.44. The highest BCUT2D eigenvalue weighted by molar-refractivity contribution is 6.98. The average molecular weight is 803 g/mol. The van der Waals surface area contributed by atoms with Crippen LogP contribution in [-0.2, 0) is 19.1 Å². The number of unbranched alkanes of at least 4 members (excludes halogenated alkanes) is 16. The quantitative estimate of drug-likeness (QED) is 0.0325. The van der Waals surface area contributed by atoms with Crippen LogP contribution >= 0.6 is 0 Å². The summed E-state index contributed by atoms with van der Waals surface area (Å²) in [6.07, 6.45) is 37.7. The van der Waals surface area contributed by atoms with Crippen molar-refractivity contribution in [3.8, 4) is 0 Å². The van der Waals surface area contributed by atoms with Crippen LogP contribution in [0.15, 0.2) is 85.0 Å². The lowest BCUT2D eigenvalue weighted by Gasteiger charge is -2.43. The normalized spacial score (nSPS) is 12.2. The molecule has 2 aromatic carbocycles. The number of carbonyl (C=O) groups excluding carboxylic acids is 2. The number of ether oxygens (including phenoxy) is 2. The largest absolute Gasteiger partial charge is 0.466 e. The van der Waals surface area contributed by atoms with Gasteiger partial charge in [-0.1, -0.05) is 176 Å². The Balaban J connectivity index is 1.79. The van der Waals surface area contributed by atoms with Gasteiger partial charge in [-0.25, -0.2) is 0 Å². The Morgan fingerprint density at radius 2 is 0.877 bits per heavy atom. The van der Waals surface area contributed by atoms with Crippen molar-refractivity contribution in [1.29, 1.82) is 0 Å². The molecule has 0 aliphatic carbocycles. The third kappa shape index (κ3) is 22.1. The molecule has 2 rings (SSSR count). The maximum absolute atomic E-state index is 12.9. The van der Waals surface area contributed by atoms with Crippen LogP contribution in [0.2, 0.25) is 5.04 Å². The maximum atomic E-state index is 12.9. The van der Waals surface area contributed by atoms with E-state index in [-0.39, 0.29) is 17.0 Å². The summed E-state index contributed by atoms with van der Waals surface area (Å²) in [4.78, 5) is 35.8. The molecule has 57 heavy (non-hydrogen) atoms. The van der Waals surface area contributed by atoms with Crippen LogP contribution in [0.1, 0.15) is 188 Å². The van der Waals surface area contributed by atoms with Gasteiger partial charge in [0.05, 0.1) is 13.2 Å². The van der Waals surface area contributed by atoms with Crippen molar-refractivity contribution in [3.63, 3.8) is 0 Å². The van der Waals surface area contributed by atoms with Crippen LogP contribution in [0.5, 0.6) is 0 Å². The van der Waals surface area contributed by atoms with E-state index < -0.39 is 8.32 Å². The van der Waals surface area contributed by atoms with Crippen LogP contribution in [-0.4, -0.2) is 38.3 Å². The molecule has 1 N–H and O–H groups in total. The lowest BCUT2D eigenvalue weighted by molar-refractivity contribution is -0.144. The maximum Gasteiger partial charge on any atom is 0.305 e. The van der Waals surface area contributed by atoms with Gasteiger partial charge in [0.2, 0.25) is 0 Å². The van der Waals surface area contributed by atoms with Crippen molar-refractivity contribution in [2.75, 3.05) is 13.2 Å². The number of allylic oxidation sites excluding steroid dienone is 4. The summed E-state index contributed by atoms with van der Waals surface area (Å²) in [5.74, 6) is 0.476. The van der Waals surface area contributed by atoms with Crippen molar-refractivity contribution in [2.24, 2.45) is 5.92 Å². The first-order valence-electron chi connectivity index (χ1n) is 23.2. The Hall–Kier alpha value is -2.96. The summed E-state index contributed by atoms with van der Waals surface area (Å²) in [7, 11) is -3.03. The van der Waals surface area contributed by atoms with E-state index in [1.165, 1.54) is 89.9 Å². The van der Waals surface area contributed by atoms with E-state index in [1.54, 1.807) is 0 Å². The SMILES string of the molecule is CCOC(=O)CCCC/C=C\CCCCCCCCC(CCCCCCCC/C=C\CCCCC(=O)OCC)CC(C)(C)[Si](O)(c1ccccc1)c1ccccc1. The lowest BCUT2D eigenvalue weighted by atomic mass is 9.87. The van der Waals surface area contributed by atoms with Gasteiger partial charge in [-0.05, 0) is 106 Å². The predicted octanol–water partition coefficient (Wildman–Crippen LogP) is 13.1. The summed E-state index contributed by atoms with van der Waals surface area (Å²) >= 11 is 0. The molecule has 0 aliphatic heterocycles. The zero-order valence-corrected chi connectivity index (χ0v) is 37.8. The molecule has 6 heteroatoms. The second kappa shape index (κ2) is 32.0. The molecule has 0 atom stereocenters. The van der Waals surface area contributed by atoms with E-state index in [2.05, 4.69) is 98.8 Å². The van der Waals surface area contributed by atoms with Crippen LogP contribution in [0, 0.1) is 5.92 Å². The Morgan fingerprint density at radius 3 is 1.25 bits per heavy atom. The molecule has 0 spiro atoms. The Morgan fingerprint density at radius 1 is 0.544 bits per heavy atom. The van der Waals surface area contributed by atoms with Crippen LogP contribution in [0.3, 0.4) is 0 Å². The van der Waals surface area contributed by atoms with Crippen LogP contribution in [0.4, 0.5) is 0 Å². The van der Waals surface area contributed by atoms with Crippen molar-refractivity contribution in [1.82, 2.24) is 0 Å². The topological polar surface area (TPSA) is 72.8 Å². The number of rotatable bonds is 35. The fourth-order valence-electron chi connectivity index (χ4n) is 8.33. The van der Waals surface area contributed by atoms with Crippen LogP contribution in [0.25, 0.3) is 0 Å². The van der Waals surface area contributed by atoms with Crippen LogP contribution < -0.4 is 10.4 Å². The first-order chi connectivity index (χ1) is 27.7. The summed E-state index contributed by atoms with van der Waals surface area (Å²) in [6.45, 7) is 9.36. The van der Waals surface area contributed by atoms with Gasteiger partial charge in [-0.2, -0.15) is 0 Å². The predicted molar refractivity (Wildman–Crippen MR) is 245 cm³/mol. The first-order valence-corrected chi connectivity index (χ1v) is 25.1. The molecular weight excluding hydrogens is 721 g/mol. The van der Waals surface area contributed by atoms with Gasteiger partial charge in [0.25, 0.3) is 8.32 Å². The average Bonchev–Trinajstić information content (AvgIpc) is 3.21. The molecule has 0 aromatic heterocycles. The molecule has 0 amide bonds. The lowest BCUT2D eigenvalue weighted by Crippen LogP contribution is -2.65. The summed E-state index contributed by atoms with van der Waals surface area (Å²) in [6, 6.07) is 21.1. The summed E-state index contributed by atoms with van der Waals surface area (Å²) in [5, 5.41) is 2.03. The van der Waals surface area contributed by atoms with E-state index in [4.69, 9.17) is 9.47 Å². The molecule has 0 unspecified atom stereocenters. The molecule has 0 radical (unpaired) electrons. The van der Waals surface area contributed by atoms with E-state index in [0.29, 0.717) is 32.0 Å². The van der Waals surface area contributed by atoms with Gasteiger partial charge in [0.1, 0.15) is 0 Å². The van der Waals surface area contributed by atoms with Crippen molar-refractivity contribution in [3.05, 3.63) is 85.0 Å². The molecular formula is C51H82O5Si. The van der Waals surface area contributed by atoms with Gasteiger partial charge < -0.3 is 14.3 Å². The minimum atomic E-state index is -3.03. The summed E-state index contributed by atoms with van der Waals surface area (Å²) < 4.78 is 10.0. The highest BCUT2D eigenvalue weighted by atomic mass is 28.4. The van der Waals surface area contributed by atoms with Crippen molar-refractivity contribution >= 4 is 30.6 Å². The van der Waals surface area contributed by atoms with Crippen molar-refractivity contribution < 1.29 is 23.9 Å². The number of hydrogen-bond donors (Lipinski definition) is 1. The van der Waals surface area contributed by atoms with E-state index in [0.717, 1.165) is 68.2 Å². The van der Waals surface area contributed by atoms with E-state index in [1.807, 2.05) is 13.8 Å². The van der Waals surface area contributed by atoms with E-state index in [9.17, 15) is 14.4 Å². The summed E-state index contributed by atoms with van der Waals surface area (Å²) in [5.41, 5.74) is 0. The van der Waals surface area contributed by atoms with Crippen molar-refractivity contribution in [2.45, 2.75) is 193 Å². The highest BCUT2D eigenvalue weighted by Gasteiger charge is 2.50. The molecule has 0 saturated heterocycles. The molecule has 0 bridgehead atoms. The zero-order valence-electron chi connectivity index (χ0n) is 36.8. The van der Waals surface area contributed by atoms with Gasteiger partial charge in [-0.3, -0.25) is 9.59 Å². The Kier molecular flexibility index (Phi) is 28.1. The molecule has 0 fully saturated rings. The van der Waals surface area contributed by atoms with E-state index >= 15 is 0 Å². The fraction of sp³-hybridized carbons (Fsp3) is 0.647. The van der Waals surface area contributed by atoms with Gasteiger partial charge in [-0.15, -0.1) is 0 Å². The zero-order chi connectivity index (χ0) is 41.3. The number of hydrogen-bond acceptors (Lipinski definition) is 5. The standard InChI is InChI=1S/C51H82O5Si/c1-5-55-49(52)43-35-25-21-17-13-9-7-11-15-19-23-29-37-46(38-30-24-20-16-12-8-10-14-18-22-26-36-44-50(53)56-6-2)45-51(3,4)57(54,47-39-31-27-32-40-47)48-41-33-28-34-42-48/h13-14,17-18,27-28,31-34,39-42,46,54H,5-12,15-16,19-26,29-30,35-38,43-45H2,1-4H3/b17-13-,18-14-. The molecule has 0 heterocycles. The molecule has 5 nitrogen and oxygen atoms in total. The number of esters is 2. The second-order valence-electron chi connectivity index (χ2n) is 16.8. The minimum absolute atomic E-state index is 0.0726. The number of benzene rings is 2.